The standard InChI is InChI=1S/C35H36O5/c1-25(2)34(36)39-23-9-5-4-8-22-38-33-20-18-29(19-21-33)28-12-15-30(16-13-28)35(37)40-26(3)31-17-14-27-10-6-7-11-32(27)24-31/h6-7,10-21,24,26H,1,4-5,8-9,22-23H2,2-3H3/t26-/m0/s1. The second-order valence-electron chi connectivity index (χ2n) is 9.93. The van der Waals surface area contributed by atoms with Crippen molar-refractivity contribution in [3.63, 3.8) is 0 Å². The summed E-state index contributed by atoms with van der Waals surface area (Å²) in [5, 5.41) is 2.28. The molecular formula is C35H36O5. The molecule has 0 amide bonds. The van der Waals surface area contributed by atoms with E-state index in [2.05, 4.69) is 30.8 Å². The summed E-state index contributed by atoms with van der Waals surface area (Å²) >= 11 is 0. The van der Waals surface area contributed by atoms with Crippen molar-refractivity contribution in [2.75, 3.05) is 13.2 Å². The molecule has 0 bridgehead atoms. The van der Waals surface area contributed by atoms with Gasteiger partial charge in [0.25, 0.3) is 0 Å². The number of benzene rings is 4. The Balaban J connectivity index is 1.21. The number of esters is 2. The summed E-state index contributed by atoms with van der Waals surface area (Å²) in [6.07, 6.45) is 3.42. The first kappa shape index (κ1) is 28.6. The molecule has 5 nitrogen and oxygen atoms in total. The van der Waals surface area contributed by atoms with Gasteiger partial charge in [-0.05, 0) is 97.3 Å². The van der Waals surface area contributed by atoms with E-state index in [1.807, 2.05) is 61.5 Å². The molecule has 5 heteroatoms. The maximum Gasteiger partial charge on any atom is 0.338 e. The van der Waals surface area contributed by atoms with Gasteiger partial charge in [-0.25, -0.2) is 9.59 Å². The van der Waals surface area contributed by atoms with Crippen LogP contribution in [0.2, 0.25) is 0 Å². The number of carbonyl (C=O) groups is 2. The van der Waals surface area contributed by atoms with E-state index in [4.69, 9.17) is 14.2 Å². The largest absolute Gasteiger partial charge is 0.494 e. The topological polar surface area (TPSA) is 61.8 Å². The lowest BCUT2D eigenvalue weighted by atomic mass is 10.0. The van der Waals surface area contributed by atoms with E-state index in [0.717, 1.165) is 58.9 Å². The highest BCUT2D eigenvalue weighted by Crippen LogP contribution is 2.26. The quantitative estimate of drug-likeness (QED) is 0.0974. The Morgan fingerprint density at radius 1 is 0.750 bits per heavy atom. The summed E-state index contributed by atoms with van der Waals surface area (Å²) in [7, 11) is 0. The first-order chi connectivity index (χ1) is 19.4. The number of carbonyl (C=O) groups excluding carboxylic acids is 2. The van der Waals surface area contributed by atoms with Gasteiger partial charge in [0.15, 0.2) is 0 Å². The predicted molar refractivity (Wildman–Crippen MR) is 159 cm³/mol. The zero-order valence-corrected chi connectivity index (χ0v) is 23.2. The van der Waals surface area contributed by atoms with Crippen LogP contribution in [-0.2, 0) is 14.3 Å². The lowest BCUT2D eigenvalue weighted by molar-refractivity contribution is -0.139. The Kier molecular flexibility index (Phi) is 10.1. The normalized spacial score (nSPS) is 11.6. The SMILES string of the molecule is C=C(C)C(=O)OCCCCCCOc1ccc(-c2ccc(C(=O)O[C@@H](C)c3ccc4ccccc4c3)cc2)cc1. The summed E-state index contributed by atoms with van der Waals surface area (Å²) < 4.78 is 16.7. The first-order valence-electron chi connectivity index (χ1n) is 13.8. The Labute approximate surface area is 236 Å². The number of fused-ring (bicyclic) bond motifs is 1. The molecule has 0 radical (unpaired) electrons. The van der Waals surface area contributed by atoms with Gasteiger partial charge < -0.3 is 14.2 Å². The zero-order chi connectivity index (χ0) is 28.3. The highest BCUT2D eigenvalue weighted by molar-refractivity contribution is 5.90. The van der Waals surface area contributed by atoms with E-state index in [9.17, 15) is 9.59 Å². The van der Waals surface area contributed by atoms with Crippen molar-refractivity contribution in [3.8, 4) is 16.9 Å². The Morgan fingerprint density at radius 2 is 1.38 bits per heavy atom. The molecule has 0 saturated heterocycles. The molecule has 0 fully saturated rings. The van der Waals surface area contributed by atoms with E-state index in [-0.39, 0.29) is 18.0 Å². The second-order valence-corrected chi connectivity index (χ2v) is 9.93. The Hall–Kier alpha value is -4.38. The van der Waals surface area contributed by atoms with Gasteiger partial charge in [0.2, 0.25) is 0 Å². The van der Waals surface area contributed by atoms with Gasteiger partial charge in [-0.15, -0.1) is 0 Å². The molecule has 0 aliphatic rings. The monoisotopic (exact) mass is 536 g/mol. The highest BCUT2D eigenvalue weighted by atomic mass is 16.5. The number of ether oxygens (including phenoxy) is 3. The minimum atomic E-state index is -0.351. The van der Waals surface area contributed by atoms with Gasteiger partial charge in [0.1, 0.15) is 11.9 Å². The summed E-state index contributed by atoms with van der Waals surface area (Å²) in [4.78, 5) is 24.1. The number of hydrogen-bond donors (Lipinski definition) is 0. The predicted octanol–water partition coefficient (Wildman–Crippen LogP) is 8.48. The van der Waals surface area contributed by atoms with Crippen LogP contribution in [0.5, 0.6) is 5.75 Å². The lowest BCUT2D eigenvalue weighted by Crippen LogP contribution is -2.09. The first-order valence-corrected chi connectivity index (χ1v) is 13.8. The van der Waals surface area contributed by atoms with E-state index >= 15 is 0 Å². The minimum absolute atomic E-state index is 0.326. The third-order valence-corrected chi connectivity index (χ3v) is 6.72. The smallest absolute Gasteiger partial charge is 0.338 e. The minimum Gasteiger partial charge on any atom is -0.494 e. The van der Waals surface area contributed by atoms with Crippen molar-refractivity contribution >= 4 is 22.7 Å². The fourth-order valence-corrected chi connectivity index (χ4v) is 4.34. The molecule has 1 atom stereocenters. The summed E-state index contributed by atoms with van der Waals surface area (Å²) in [5.74, 6) is 0.151. The molecule has 4 aromatic rings. The lowest BCUT2D eigenvalue weighted by Gasteiger charge is -2.15. The van der Waals surface area contributed by atoms with Crippen molar-refractivity contribution in [1.29, 1.82) is 0 Å². The van der Waals surface area contributed by atoms with Crippen LogP contribution in [0.25, 0.3) is 21.9 Å². The molecule has 0 aromatic heterocycles. The molecule has 40 heavy (non-hydrogen) atoms. The van der Waals surface area contributed by atoms with Gasteiger partial charge in [0, 0.05) is 5.57 Å². The van der Waals surface area contributed by atoms with E-state index < -0.39 is 0 Å². The third-order valence-electron chi connectivity index (χ3n) is 6.72. The summed E-state index contributed by atoms with van der Waals surface area (Å²) in [6, 6.07) is 29.7. The fraction of sp³-hybridized carbons (Fsp3) is 0.257. The molecule has 0 saturated carbocycles. The molecule has 0 spiro atoms. The molecule has 4 rings (SSSR count). The van der Waals surface area contributed by atoms with Gasteiger partial charge >= 0.3 is 11.9 Å². The molecule has 0 heterocycles. The third kappa shape index (κ3) is 8.06. The van der Waals surface area contributed by atoms with E-state index in [0.29, 0.717) is 24.4 Å². The molecule has 0 N–H and O–H groups in total. The van der Waals surface area contributed by atoms with Crippen LogP contribution < -0.4 is 4.74 Å². The molecular weight excluding hydrogens is 500 g/mol. The summed E-state index contributed by atoms with van der Waals surface area (Å²) in [5.41, 5.74) is 3.97. The van der Waals surface area contributed by atoms with Gasteiger partial charge in [0.05, 0.1) is 18.8 Å². The van der Waals surface area contributed by atoms with E-state index in [1.165, 1.54) is 0 Å². The van der Waals surface area contributed by atoms with Gasteiger partial charge in [-0.3, -0.25) is 0 Å². The maximum absolute atomic E-state index is 12.8. The van der Waals surface area contributed by atoms with Crippen LogP contribution in [0, 0.1) is 0 Å². The second kappa shape index (κ2) is 14.1. The van der Waals surface area contributed by atoms with Crippen molar-refractivity contribution in [3.05, 3.63) is 114 Å². The van der Waals surface area contributed by atoms with Crippen molar-refractivity contribution < 1.29 is 23.8 Å². The van der Waals surface area contributed by atoms with Crippen molar-refractivity contribution in [2.45, 2.75) is 45.6 Å². The van der Waals surface area contributed by atoms with Gasteiger partial charge in [-0.2, -0.15) is 0 Å². The zero-order valence-electron chi connectivity index (χ0n) is 23.2. The molecule has 0 unspecified atom stereocenters. The fourth-order valence-electron chi connectivity index (χ4n) is 4.34. The van der Waals surface area contributed by atoms with Crippen LogP contribution in [0.3, 0.4) is 0 Å². The van der Waals surface area contributed by atoms with Crippen molar-refractivity contribution in [1.82, 2.24) is 0 Å². The number of hydrogen-bond acceptors (Lipinski definition) is 5. The molecule has 4 aromatic carbocycles. The van der Waals surface area contributed by atoms with Crippen LogP contribution in [0.1, 0.15) is 61.6 Å². The van der Waals surface area contributed by atoms with Crippen LogP contribution in [0.15, 0.2) is 103 Å². The summed E-state index contributed by atoms with van der Waals surface area (Å²) in [6.45, 7) is 8.18. The molecule has 206 valence electrons. The van der Waals surface area contributed by atoms with Crippen molar-refractivity contribution in [2.24, 2.45) is 0 Å². The van der Waals surface area contributed by atoms with Crippen LogP contribution >= 0.6 is 0 Å². The van der Waals surface area contributed by atoms with Crippen LogP contribution in [-0.4, -0.2) is 25.2 Å². The number of rotatable bonds is 13. The average molecular weight is 537 g/mol. The number of unbranched alkanes of at least 4 members (excludes halogenated alkanes) is 3. The molecule has 0 aliphatic carbocycles. The van der Waals surface area contributed by atoms with E-state index in [1.54, 1.807) is 19.1 Å². The maximum atomic E-state index is 12.8. The molecule has 0 aliphatic heterocycles. The highest BCUT2D eigenvalue weighted by Gasteiger charge is 2.14. The van der Waals surface area contributed by atoms with Crippen LogP contribution in [0.4, 0.5) is 0 Å². The Bertz CT molecular complexity index is 1440. The van der Waals surface area contributed by atoms with Gasteiger partial charge in [-0.1, -0.05) is 67.2 Å². The Morgan fingerprint density at radius 3 is 2.05 bits per heavy atom. The average Bonchev–Trinajstić information content (AvgIpc) is 2.98.